The summed E-state index contributed by atoms with van der Waals surface area (Å²) >= 11 is 0. The molecule has 0 aliphatic heterocycles. The molecule has 1 amide bonds. The fraction of sp³-hybridized carbons (Fsp3) is 0.800. The normalized spacial score (nSPS) is 34.6. The van der Waals surface area contributed by atoms with Gasteiger partial charge in [0.15, 0.2) is 0 Å². The van der Waals surface area contributed by atoms with Crippen LogP contribution in [0.4, 0.5) is 0 Å². The average Bonchev–Trinajstić information content (AvgIpc) is 2.42. The molecule has 1 saturated carbocycles. The zero-order valence-electron chi connectivity index (χ0n) is 4.63. The molecule has 0 spiro atoms. The van der Waals surface area contributed by atoms with Crippen molar-refractivity contribution in [1.82, 2.24) is 0 Å². The first-order valence-corrected chi connectivity index (χ1v) is 2.75. The molecule has 1 aliphatic carbocycles. The summed E-state index contributed by atoms with van der Waals surface area (Å²) in [6.45, 7) is 0.605. The Morgan fingerprint density at radius 3 is 2.50 bits per heavy atom. The Bertz CT molecular complexity index is 113. The van der Waals surface area contributed by atoms with Gasteiger partial charge in [0.2, 0.25) is 5.91 Å². The van der Waals surface area contributed by atoms with Gasteiger partial charge in [-0.1, -0.05) is 0 Å². The van der Waals surface area contributed by atoms with Crippen LogP contribution in [0.3, 0.4) is 0 Å². The minimum absolute atomic E-state index is 0.0972. The number of nitrogens with two attached hydrogens (primary N) is 2. The second-order valence-corrected chi connectivity index (χ2v) is 2.24. The number of hydrogen-bond donors (Lipinski definition) is 2. The van der Waals surface area contributed by atoms with E-state index in [4.69, 9.17) is 11.5 Å². The molecule has 1 aliphatic rings. The third-order valence-electron chi connectivity index (χ3n) is 1.59. The van der Waals surface area contributed by atoms with Crippen molar-refractivity contribution in [2.24, 2.45) is 23.3 Å². The van der Waals surface area contributed by atoms with E-state index in [9.17, 15) is 4.79 Å². The fourth-order valence-corrected chi connectivity index (χ4v) is 0.857. The first kappa shape index (κ1) is 5.56. The lowest BCUT2D eigenvalue weighted by molar-refractivity contribution is -0.119. The van der Waals surface area contributed by atoms with Crippen molar-refractivity contribution < 1.29 is 4.79 Å². The summed E-state index contributed by atoms with van der Waals surface area (Å²) in [4.78, 5) is 10.3. The Morgan fingerprint density at radius 2 is 2.38 bits per heavy atom. The van der Waals surface area contributed by atoms with Crippen molar-refractivity contribution in [1.29, 1.82) is 0 Å². The van der Waals surface area contributed by atoms with Crippen molar-refractivity contribution in [3.05, 3.63) is 0 Å². The quantitative estimate of drug-likeness (QED) is 0.486. The van der Waals surface area contributed by atoms with Gasteiger partial charge in [0, 0.05) is 5.92 Å². The molecule has 0 heterocycles. The van der Waals surface area contributed by atoms with Crippen molar-refractivity contribution in [2.75, 3.05) is 6.54 Å². The Labute approximate surface area is 48.0 Å². The van der Waals surface area contributed by atoms with Crippen LogP contribution in [0.5, 0.6) is 0 Å². The van der Waals surface area contributed by atoms with E-state index in [1.807, 2.05) is 0 Å². The number of hydrogen-bond acceptors (Lipinski definition) is 2. The number of rotatable bonds is 2. The monoisotopic (exact) mass is 114 g/mol. The zero-order valence-corrected chi connectivity index (χ0v) is 4.63. The lowest BCUT2D eigenvalue weighted by Crippen LogP contribution is -2.16. The Morgan fingerprint density at radius 1 is 1.75 bits per heavy atom. The van der Waals surface area contributed by atoms with Crippen LogP contribution in [0.25, 0.3) is 0 Å². The highest BCUT2D eigenvalue weighted by atomic mass is 16.1. The van der Waals surface area contributed by atoms with Gasteiger partial charge >= 0.3 is 0 Å². The van der Waals surface area contributed by atoms with Crippen LogP contribution < -0.4 is 11.5 Å². The third-order valence-corrected chi connectivity index (χ3v) is 1.59. The first-order chi connectivity index (χ1) is 3.75. The van der Waals surface area contributed by atoms with E-state index >= 15 is 0 Å². The number of amides is 1. The summed E-state index contributed by atoms with van der Waals surface area (Å²) < 4.78 is 0. The topological polar surface area (TPSA) is 69.1 Å². The Kier molecular flexibility index (Phi) is 1.21. The maximum absolute atomic E-state index is 10.3. The summed E-state index contributed by atoms with van der Waals surface area (Å²) in [7, 11) is 0. The van der Waals surface area contributed by atoms with Crippen LogP contribution in [0.15, 0.2) is 0 Å². The van der Waals surface area contributed by atoms with Crippen LogP contribution in [0.2, 0.25) is 0 Å². The van der Waals surface area contributed by atoms with E-state index in [1.54, 1.807) is 0 Å². The zero-order chi connectivity index (χ0) is 6.15. The van der Waals surface area contributed by atoms with Gasteiger partial charge in [0.25, 0.3) is 0 Å². The fourth-order valence-electron chi connectivity index (χ4n) is 0.857. The highest BCUT2D eigenvalue weighted by molar-refractivity contribution is 5.79. The molecule has 1 rings (SSSR count). The lowest BCUT2D eigenvalue weighted by atomic mass is 10.3. The van der Waals surface area contributed by atoms with Crippen LogP contribution >= 0.6 is 0 Å². The predicted molar refractivity (Wildman–Crippen MR) is 29.8 cm³/mol. The molecule has 1 fully saturated rings. The van der Waals surface area contributed by atoms with Gasteiger partial charge in [-0.05, 0) is 18.9 Å². The highest BCUT2D eigenvalue weighted by Crippen LogP contribution is 2.36. The second kappa shape index (κ2) is 1.74. The van der Waals surface area contributed by atoms with Crippen molar-refractivity contribution in [2.45, 2.75) is 6.42 Å². The van der Waals surface area contributed by atoms with Gasteiger partial charge in [-0.3, -0.25) is 4.79 Å². The lowest BCUT2D eigenvalue weighted by Gasteiger charge is -1.86. The first-order valence-electron chi connectivity index (χ1n) is 2.75. The molecular weight excluding hydrogens is 104 g/mol. The molecule has 0 saturated heterocycles. The van der Waals surface area contributed by atoms with Gasteiger partial charge in [0.1, 0.15) is 0 Å². The SMILES string of the molecule is NC[C@@H]1C[C@H]1C(N)=O. The molecule has 0 unspecified atom stereocenters. The standard InChI is InChI=1S/C5H10N2O/c6-2-3-1-4(3)5(7)8/h3-4H,1-2,6H2,(H2,7,8)/t3-,4+/m0/s1. The van der Waals surface area contributed by atoms with Gasteiger partial charge in [-0.25, -0.2) is 0 Å². The molecule has 8 heavy (non-hydrogen) atoms. The Balaban J connectivity index is 2.26. The number of primary amides is 1. The van der Waals surface area contributed by atoms with E-state index in [2.05, 4.69) is 0 Å². The molecule has 0 radical (unpaired) electrons. The molecule has 46 valence electrons. The van der Waals surface area contributed by atoms with E-state index in [-0.39, 0.29) is 11.8 Å². The van der Waals surface area contributed by atoms with E-state index in [0.717, 1.165) is 6.42 Å². The predicted octanol–water partition coefficient (Wildman–Crippen LogP) is -0.933. The van der Waals surface area contributed by atoms with E-state index in [0.29, 0.717) is 12.5 Å². The van der Waals surface area contributed by atoms with Gasteiger partial charge in [0.05, 0.1) is 0 Å². The minimum Gasteiger partial charge on any atom is -0.369 e. The van der Waals surface area contributed by atoms with Gasteiger partial charge in [-0.2, -0.15) is 0 Å². The van der Waals surface area contributed by atoms with Crippen LogP contribution in [-0.4, -0.2) is 12.5 Å². The summed E-state index contributed by atoms with van der Waals surface area (Å²) in [5.41, 5.74) is 10.2. The summed E-state index contributed by atoms with van der Waals surface area (Å²) in [5, 5.41) is 0. The Hall–Kier alpha value is -0.570. The van der Waals surface area contributed by atoms with Crippen LogP contribution in [0, 0.1) is 11.8 Å². The van der Waals surface area contributed by atoms with E-state index in [1.165, 1.54) is 0 Å². The summed E-state index contributed by atoms with van der Waals surface area (Å²) in [6, 6.07) is 0. The molecule has 3 nitrogen and oxygen atoms in total. The summed E-state index contributed by atoms with van der Waals surface area (Å²) in [5.74, 6) is 0.299. The summed E-state index contributed by atoms with van der Waals surface area (Å²) in [6.07, 6.45) is 0.909. The molecule has 0 aromatic carbocycles. The minimum atomic E-state index is -0.194. The van der Waals surface area contributed by atoms with Crippen molar-refractivity contribution >= 4 is 5.91 Å². The molecular formula is C5H10N2O. The van der Waals surface area contributed by atoms with Gasteiger partial charge in [-0.15, -0.1) is 0 Å². The largest absolute Gasteiger partial charge is 0.369 e. The average molecular weight is 114 g/mol. The number of carbonyl (C=O) groups is 1. The molecule has 4 N–H and O–H groups in total. The number of carbonyl (C=O) groups excluding carboxylic acids is 1. The van der Waals surface area contributed by atoms with Crippen LogP contribution in [0.1, 0.15) is 6.42 Å². The van der Waals surface area contributed by atoms with Gasteiger partial charge < -0.3 is 11.5 Å². The van der Waals surface area contributed by atoms with Crippen molar-refractivity contribution in [3.63, 3.8) is 0 Å². The van der Waals surface area contributed by atoms with Crippen LogP contribution in [-0.2, 0) is 4.79 Å². The molecule has 2 atom stereocenters. The maximum atomic E-state index is 10.3. The smallest absolute Gasteiger partial charge is 0.220 e. The highest BCUT2D eigenvalue weighted by Gasteiger charge is 2.40. The third kappa shape index (κ3) is 0.816. The molecule has 0 aromatic heterocycles. The second-order valence-electron chi connectivity index (χ2n) is 2.24. The molecule has 3 heteroatoms. The maximum Gasteiger partial charge on any atom is 0.220 e. The van der Waals surface area contributed by atoms with Crippen molar-refractivity contribution in [3.8, 4) is 0 Å². The molecule has 0 aromatic rings. The van der Waals surface area contributed by atoms with E-state index < -0.39 is 0 Å². The molecule has 0 bridgehead atoms.